The van der Waals surface area contributed by atoms with Crippen LogP contribution in [0.4, 0.5) is 0 Å². The number of hydrogen-bond acceptors (Lipinski definition) is 5. The SMILES string of the molecule is CN1CCN(C2CC(c3ccccc3)c3cc4c(cc3O2)OCO4)CC1. The first-order valence-electron chi connectivity index (χ1n) is 9.35. The molecule has 0 radical (unpaired) electrons. The summed E-state index contributed by atoms with van der Waals surface area (Å²) in [6, 6.07) is 14.8. The molecule has 5 rings (SSSR count). The number of hydrogen-bond donors (Lipinski definition) is 0. The van der Waals surface area contributed by atoms with Gasteiger partial charge in [0.1, 0.15) is 5.75 Å². The number of benzene rings is 2. The maximum atomic E-state index is 6.46. The van der Waals surface area contributed by atoms with Gasteiger partial charge in [0.25, 0.3) is 0 Å². The first-order chi connectivity index (χ1) is 12.8. The Hall–Kier alpha value is -2.24. The fourth-order valence-corrected chi connectivity index (χ4v) is 4.17. The summed E-state index contributed by atoms with van der Waals surface area (Å²) in [5.74, 6) is 2.85. The van der Waals surface area contributed by atoms with E-state index in [0.717, 1.165) is 49.8 Å². The summed E-state index contributed by atoms with van der Waals surface area (Å²) < 4.78 is 17.6. The molecule has 3 aliphatic heterocycles. The Kier molecular flexibility index (Phi) is 3.98. The van der Waals surface area contributed by atoms with Crippen molar-refractivity contribution >= 4 is 0 Å². The molecular formula is C21H24N2O3. The standard InChI is InChI=1S/C21H24N2O3/c1-22-7-9-23(10-8-22)21-12-16(15-5-3-2-4-6-15)17-11-19-20(25-14-24-19)13-18(17)26-21/h2-6,11,13,16,21H,7-10,12,14H2,1H3. The zero-order chi connectivity index (χ0) is 17.5. The topological polar surface area (TPSA) is 34.2 Å². The summed E-state index contributed by atoms with van der Waals surface area (Å²) in [5, 5.41) is 0. The van der Waals surface area contributed by atoms with E-state index in [9.17, 15) is 0 Å². The molecule has 136 valence electrons. The summed E-state index contributed by atoms with van der Waals surface area (Å²) in [6.45, 7) is 4.55. The molecule has 0 bridgehead atoms. The van der Waals surface area contributed by atoms with Crippen LogP contribution in [0.15, 0.2) is 42.5 Å². The van der Waals surface area contributed by atoms with Crippen molar-refractivity contribution in [2.45, 2.75) is 18.6 Å². The molecule has 2 aromatic rings. The largest absolute Gasteiger partial charge is 0.475 e. The molecule has 3 heterocycles. The predicted molar refractivity (Wildman–Crippen MR) is 99.0 cm³/mol. The van der Waals surface area contributed by atoms with Gasteiger partial charge in [-0.05, 0) is 18.7 Å². The van der Waals surface area contributed by atoms with E-state index in [1.165, 1.54) is 11.1 Å². The van der Waals surface area contributed by atoms with Gasteiger partial charge in [0, 0.05) is 50.1 Å². The Labute approximate surface area is 154 Å². The second-order valence-corrected chi connectivity index (χ2v) is 7.35. The highest BCUT2D eigenvalue weighted by atomic mass is 16.7. The van der Waals surface area contributed by atoms with Crippen molar-refractivity contribution in [3.05, 3.63) is 53.6 Å². The number of piperazine rings is 1. The van der Waals surface area contributed by atoms with Crippen LogP contribution in [0.25, 0.3) is 0 Å². The highest BCUT2D eigenvalue weighted by molar-refractivity contribution is 5.55. The molecule has 26 heavy (non-hydrogen) atoms. The third-order valence-electron chi connectivity index (χ3n) is 5.73. The van der Waals surface area contributed by atoms with Crippen molar-refractivity contribution in [1.29, 1.82) is 0 Å². The van der Waals surface area contributed by atoms with Crippen LogP contribution >= 0.6 is 0 Å². The van der Waals surface area contributed by atoms with Crippen LogP contribution in [-0.2, 0) is 0 Å². The molecule has 1 fully saturated rings. The smallest absolute Gasteiger partial charge is 0.231 e. The third-order valence-corrected chi connectivity index (χ3v) is 5.73. The van der Waals surface area contributed by atoms with Gasteiger partial charge in [0.2, 0.25) is 6.79 Å². The molecule has 0 aromatic heterocycles. The van der Waals surface area contributed by atoms with Crippen LogP contribution in [0.2, 0.25) is 0 Å². The van der Waals surface area contributed by atoms with Crippen molar-refractivity contribution in [2.75, 3.05) is 40.0 Å². The van der Waals surface area contributed by atoms with Gasteiger partial charge in [-0.1, -0.05) is 30.3 Å². The minimum atomic E-state index is 0.0989. The Bertz CT molecular complexity index is 787. The van der Waals surface area contributed by atoms with Gasteiger partial charge in [0.15, 0.2) is 17.7 Å². The molecule has 3 aliphatic rings. The van der Waals surface area contributed by atoms with E-state index in [1.807, 2.05) is 6.07 Å². The number of rotatable bonds is 2. The zero-order valence-electron chi connectivity index (χ0n) is 15.1. The van der Waals surface area contributed by atoms with E-state index in [1.54, 1.807) is 0 Å². The quantitative estimate of drug-likeness (QED) is 0.830. The van der Waals surface area contributed by atoms with Crippen molar-refractivity contribution in [3.63, 3.8) is 0 Å². The summed E-state index contributed by atoms with van der Waals surface area (Å²) in [4.78, 5) is 4.85. The third kappa shape index (κ3) is 2.81. The van der Waals surface area contributed by atoms with Crippen LogP contribution < -0.4 is 14.2 Å². The van der Waals surface area contributed by atoms with Crippen LogP contribution in [0.3, 0.4) is 0 Å². The van der Waals surface area contributed by atoms with E-state index in [2.05, 4.69) is 53.2 Å². The molecule has 0 saturated carbocycles. The Balaban J connectivity index is 1.51. The lowest BCUT2D eigenvalue weighted by atomic mass is 9.85. The summed E-state index contributed by atoms with van der Waals surface area (Å²) in [7, 11) is 2.18. The maximum absolute atomic E-state index is 6.46. The molecule has 1 saturated heterocycles. The van der Waals surface area contributed by atoms with Crippen molar-refractivity contribution in [3.8, 4) is 17.2 Å². The molecular weight excluding hydrogens is 328 g/mol. The molecule has 2 atom stereocenters. The molecule has 5 heteroatoms. The average Bonchev–Trinajstić information content (AvgIpc) is 3.14. The van der Waals surface area contributed by atoms with Crippen LogP contribution in [-0.4, -0.2) is 56.0 Å². The molecule has 5 nitrogen and oxygen atoms in total. The van der Waals surface area contributed by atoms with Gasteiger partial charge in [-0.2, -0.15) is 0 Å². The van der Waals surface area contributed by atoms with Crippen molar-refractivity contribution < 1.29 is 14.2 Å². The van der Waals surface area contributed by atoms with Crippen LogP contribution in [0.5, 0.6) is 17.2 Å². The van der Waals surface area contributed by atoms with E-state index >= 15 is 0 Å². The second kappa shape index (κ2) is 6.49. The number of ether oxygens (including phenoxy) is 3. The summed E-state index contributed by atoms with van der Waals surface area (Å²) >= 11 is 0. The first kappa shape index (κ1) is 16.0. The molecule has 0 N–H and O–H groups in total. The van der Waals surface area contributed by atoms with E-state index in [-0.39, 0.29) is 13.0 Å². The highest BCUT2D eigenvalue weighted by Crippen LogP contribution is 2.47. The number of nitrogens with zero attached hydrogens (tertiary/aromatic N) is 2. The lowest BCUT2D eigenvalue weighted by molar-refractivity contribution is -0.0190. The van der Waals surface area contributed by atoms with Crippen LogP contribution in [0, 0.1) is 0 Å². The maximum Gasteiger partial charge on any atom is 0.231 e. The molecule has 2 unspecified atom stereocenters. The fourth-order valence-electron chi connectivity index (χ4n) is 4.17. The lowest BCUT2D eigenvalue weighted by Crippen LogP contribution is -2.52. The fraction of sp³-hybridized carbons (Fsp3) is 0.429. The minimum Gasteiger partial charge on any atom is -0.475 e. The Morgan fingerprint density at radius 1 is 0.885 bits per heavy atom. The first-order valence-corrected chi connectivity index (χ1v) is 9.35. The zero-order valence-corrected chi connectivity index (χ0v) is 15.1. The van der Waals surface area contributed by atoms with E-state index < -0.39 is 0 Å². The average molecular weight is 352 g/mol. The molecule has 2 aromatic carbocycles. The Morgan fingerprint density at radius 2 is 1.62 bits per heavy atom. The monoisotopic (exact) mass is 352 g/mol. The van der Waals surface area contributed by atoms with E-state index in [0.29, 0.717) is 5.92 Å². The highest BCUT2D eigenvalue weighted by Gasteiger charge is 2.35. The Morgan fingerprint density at radius 3 is 2.38 bits per heavy atom. The van der Waals surface area contributed by atoms with Gasteiger partial charge in [-0.3, -0.25) is 4.90 Å². The van der Waals surface area contributed by atoms with Crippen LogP contribution in [0.1, 0.15) is 23.5 Å². The molecule has 0 amide bonds. The van der Waals surface area contributed by atoms with Gasteiger partial charge in [-0.25, -0.2) is 0 Å². The van der Waals surface area contributed by atoms with Gasteiger partial charge in [0.05, 0.1) is 0 Å². The lowest BCUT2D eigenvalue weighted by Gasteiger charge is -2.42. The summed E-state index contributed by atoms with van der Waals surface area (Å²) in [6.07, 6.45) is 1.06. The van der Waals surface area contributed by atoms with Gasteiger partial charge < -0.3 is 19.1 Å². The predicted octanol–water partition coefficient (Wildman–Crippen LogP) is 2.90. The van der Waals surface area contributed by atoms with Crippen molar-refractivity contribution in [1.82, 2.24) is 9.80 Å². The van der Waals surface area contributed by atoms with Gasteiger partial charge >= 0.3 is 0 Å². The molecule has 0 aliphatic carbocycles. The van der Waals surface area contributed by atoms with Gasteiger partial charge in [-0.15, -0.1) is 0 Å². The minimum absolute atomic E-state index is 0.0989. The number of likely N-dealkylation sites (N-methyl/N-ethyl adjacent to an activating group) is 1. The second-order valence-electron chi connectivity index (χ2n) is 7.35. The molecule has 0 spiro atoms. The van der Waals surface area contributed by atoms with E-state index in [4.69, 9.17) is 14.2 Å². The van der Waals surface area contributed by atoms with Crippen molar-refractivity contribution in [2.24, 2.45) is 0 Å². The summed E-state index contributed by atoms with van der Waals surface area (Å²) in [5.41, 5.74) is 2.53. The normalized spacial score (nSPS) is 25.6. The number of fused-ring (bicyclic) bond motifs is 2.